The molecule has 2 rings (SSSR count). The molecule has 19 heavy (non-hydrogen) atoms. The van der Waals surface area contributed by atoms with Crippen molar-refractivity contribution in [2.45, 2.75) is 52.5 Å². The van der Waals surface area contributed by atoms with Gasteiger partial charge in [0.05, 0.1) is 5.69 Å². The predicted molar refractivity (Wildman–Crippen MR) is 84.2 cm³/mol. The Labute approximate surface area is 121 Å². The smallest absolute Gasteiger partial charge is 0.185 e. The number of nitrogens with zero attached hydrogens (tertiary/aromatic N) is 2. The first-order chi connectivity index (χ1) is 9.15. The number of aromatic nitrogens is 1. The van der Waals surface area contributed by atoms with Crippen molar-refractivity contribution in [3.05, 3.63) is 10.6 Å². The van der Waals surface area contributed by atoms with E-state index in [0.717, 1.165) is 18.9 Å². The van der Waals surface area contributed by atoms with Crippen LogP contribution in [-0.4, -0.2) is 25.1 Å². The summed E-state index contributed by atoms with van der Waals surface area (Å²) in [4.78, 5) is 8.86. The monoisotopic (exact) mass is 281 g/mol. The Morgan fingerprint density at radius 1 is 1.42 bits per heavy atom. The fraction of sp³-hybridized carbons (Fsp3) is 0.800. The van der Waals surface area contributed by atoms with Gasteiger partial charge < -0.3 is 10.2 Å². The van der Waals surface area contributed by atoms with E-state index in [1.807, 2.05) is 18.4 Å². The van der Waals surface area contributed by atoms with E-state index in [-0.39, 0.29) is 0 Å². The van der Waals surface area contributed by atoms with Crippen LogP contribution in [0, 0.1) is 5.92 Å². The second-order valence-electron chi connectivity index (χ2n) is 5.81. The topological polar surface area (TPSA) is 28.2 Å². The number of thiazole rings is 1. The summed E-state index contributed by atoms with van der Waals surface area (Å²) in [6, 6.07) is 0. The Morgan fingerprint density at radius 3 is 2.68 bits per heavy atom. The van der Waals surface area contributed by atoms with Crippen molar-refractivity contribution in [3.8, 4) is 0 Å². The molecule has 4 heteroatoms. The van der Waals surface area contributed by atoms with Gasteiger partial charge in [-0.25, -0.2) is 4.98 Å². The van der Waals surface area contributed by atoms with Crippen LogP contribution in [0.5, 0.6) is 0 Å². The third kappa shape index (κ3) is 3.48. The molecule has 0 aliphatic carbocycles. The van der Waals surface area contributed by atoms with Gasteiger partial charge in [-0.15, -0.1) is 11.3 Å². The standard InChI is InChI=1S/C15H27N3S/c1-5-12(3)14-13(10-16-4)19-15(17-14)18-8-6-11(2)7-9-18/h11-12,16H,5-10H2,1-4H3. The highest BCUT2D eigenvalue weighted by Gasteiger charge is 2.22. The number of anilines is 1. The molecule has 0 spiro atoms. The van der Waals surface area contributed by atoms with E-state index in [9.17, 15) is 0 Å². The molecule has 3 nitrogen and oxygen atoms in total. The van der Waals surface area contributed by atoms with Crippen LogP contribution in [0.1, 0.15) is 56.5 Å². The Kier molecular flexibility index (Phi) is 5.22. The summed E-state index contributed by atoms with van der Waals surface area (Å²) < 4.78 is 0. The van der Waals surface area contributed by atoms with E-state index in [1.54, 1.807) is 0 Å². The zero-order chi connectivity index (χ0) is 13.8. The van der Waals surface area contributed by atoms with Crippen LogP contribution in [0.3, 0.4) is 0 Å². The lowest BCUT2D eigenvalue weighted by molar-refractivity contribution is 0.438. The van der Waals surface area contributed by atoms with Crippen LogP contribution in [0.2, 0.25) is 0 Å². The van der Waals surface area contributed by atoms with Gasteiger partial charge in [0.1, 0.15) is 0 Å². The van der Waals surface area contributed by atoms with Crippen molar-refractivity contribution in [2.24, 2.45) is 5.92 Å². The molecule has 108 valence electrons. The van der Waals surface area contributed by atoms with Crippen LogP contribution in [-0.2, 0) is 6.54 Å². The largest absolute Gasteiger partial charge is 0.348 e. The molecule has 1 N–H and O–H groups in total. The number of hydrogen-bond donors (Lipinski definition) is 1. The van der Waals surface area contributed by atoms with Crippen LogP contribution in [0.15, 0.2) is 0 Å². The van der Waals surface area contributed by atoms with Gasteiger partial charge in [0.25, 0.3) is 0 Å². The van der Waals surface area contributed by atoms with Gasteiger partial charge in [-0.2, -0.15) is 0 Å². The Hall–Kier alpha value is -0.610. The van der Waals surface area contributed by atoms with Crippen LogP contribution >= 0.6 is 11.3 Å². The highest BCUT2D eigenvalue weighted by molar-refractivity contribution is 7.15. The average molecular weight is 281 g/mol. The lowest BCUT2D eigenvalue weighted by atomic mass is 10.00. The maximum absolute atomic E-state index is 4.95. The summed E-state index contributed by atoms with van der Waals surface area (Å²) >= 11 is 1.89. The van der Waals surface area contributed by atoms with Gasteiger partial charge in [-0.3, -0.25) is 0 Å². The first kappa shape index (κ1) is 14.8. The van der Waals surface area contributed by atoms with Gasteiger partial charge >= 0.3 is 0 Å². The average Bonchev–Trinajstić information content (AvgIpc) is 2.83. The van der Waals surface area contributed by atoms with Crippen molar-refractivity contribution in [1.82, 2.24) is 10.3 Å². The predicted octanol–water partition coefficient (Wildman–Crippen LogP) is 3.61. The molecule has 0 radical (unpaired) electrons. The number of hydrogen-bond acceptors (Lipinski definition) is 4. The Balaban J connectivity index is 2.17. The zero-order valence-electron chi connectivity index (χ0n) is 12.7. The minimum absolute atomic E-state index is 0.567. The molecule has 1 aromatic rings. The molecule has 1 aliphatic heterocycles. The molecule has 1 fully saturated rings. The van der Waals surface area contributed by atoms with Crippen LogP contribution < -0.4 is 10.2 Å². The molecule has 0 bridgehead atoms. The van der Waals surface area contributed by atoms with Crippen molar-refractivity contribution < 1.29 is 0 Å². The molecule has 1 atom stereocenters. The third-order valence-corrected chi connectivity index (χ3v) is 5.32. The summed E-state index contributed by atoms with van der Waals surface area (Å²) in [6.07, 6.45) is 3.77. The minimum Gasteiger partial charge on any atom is -0.348 e. The first-order valence-electron chi connectivity index (χ1n) is 7.54. The molecular weight excluding hydrogens is 254 g/mol. The van der Waals surface area contributed by atoms with Gasteiger partial charge in [0.2, 0.25) is 0 Å². The first-order valence-corrected chi connectivity index (χ1v) is 8.36. The normalized spacial score (nSPS) is 18.8. The van der Waals surface area contributed by atoms with E-state index in [2.05, 4.69) is 31.0 Å². The van der Waals surface area contributed by atoms with E-state index >= 15 is 0 Å². The molecule has 0 amide bonds. The quantitative estimate of drug-likeness (QED) is 0.893. The molecule has 1 saturated heterocycles. The number of rotatable bonds is 5. The van der Waals surface area contributed by atoms with Crippen molar-refractivity contribution in [3.63, 3.8) is 0 Å². The highest BCUT2D eigenvalue weighted by atomic mass is 32.1. The van der Waals surface area contributed by atoms with Crippen molar-refractivity contribution in [1.29, 1.82) is 0 Å². The van der Waals surface area contributed by atoms with E-state index < -0.39 is 0 Å². The molecule has 1 aromatic heterocycles. The number of nitrogens with one attached hydrogen (secondary N) is 1. The van der Waals surface area contributed by atoms with Crippen molar-refractivity contribution in [2.75, 3.05) is 25.0 Å². The molecule has 0 saturated carbocycles. The number of piperidine rings is 1. The van der Waals surface area contributed by atoms with Crippen molar-refractivity contribution >= 4 is 16.5 Å². The molecular formula is C15H27N3S. The molecule has 1 aliphatic rings. The summed E-state index contributed by atoms with van der Waals surface area (Å²) in [5.74, 6) is 1.44. The maximum Gasteiger partial charge on any atom is 0.185 e. The third-order valence-electron chi connectivity index (χ3n) is 4.19. The van der Waals surface area contributed by atoms with Gasteiger partial charge in [0.15, 0.2) is 5.13 Å². The molecule has 2 heterocycles. The summed E-state index contributed by atoms with van der Waals surface area (Å²) in [5.41, 5.74) is 1.32. The van der Waals surface area contributed by atoms with E-state index in [1.165, 1.54) is 41.6 Å². The molecule has 1 unspecified atom stereocenters. The lowest BCUT2D eigenvalue weighted by Gasteiger charge is -2.29. The Morgan fingerprint density at radius 2 is 2.11 bits per heavy atom. The lowest BCUT2D eigenvalue weighted by Crippen LogP contribution is -2.32. The Bertz CT molecular complexity index is 394. The zero-order valence-corrected chi connectivity index (χ0v) is 13.5. The minimum atomic E-state index is 0.567. The van der Waals surface area contributed by atoms with E-state index in [0.29, 0.717) is 5.92 Å². The van der Waals surface area contributed by atoms with Crippen LogP contribution in [0.4, 0.5) is 5.13 Å². The van der Waals surface area contributed by atoms with Gasteiger partial charge in [-0.1, -0.05) is 20.8 Å². The summed E-state index contributed by atoms with van der Waals surface area (Å²) in [5, 5.41) is 4.52. The fourth-order valence-electron chi connectivity index (χ4n) is 2.55. The van der Waals surface area contributed by atoms with E-state index in [4.69, 9.17) is 4.98 Å². The second kappa shape index (κ2) is 6.71. The van der Waals surface area contributed by atoms with Gasteiger partial charge in [0, 0.05) is 24.5 Å². The van der Waals surface area contributed by atoms with Crippen LogP contribution in [0.25, 0.3) is 0 Å². The highest BCUT2D eigenvalue weighted by Crippen LogP contribution is 2.33. The summed E-state index contributed by atoms with van der Waals surface area (Å²) in [6.45, 7) is 10.2. The SMILES string of the molecule is CCC(C)c1nc(N2CCC(C)CC2)sc1CNC. The fourth-order valence-corrected chi connectivity index (χ4v) is 3.80. The second-order valence-corrected chi connectivity index (χ2v) is 6.88. The van der Waals surface area contributed by atoms with Gasteiger partial charge in [-0.05, 0) is 38.1 Å². The summed E-state index contributed by atoms with van der Waals surface area (Å²) in [7, 11) is 2.02. The maximum atomic E-state index is 4.95. The molecule has 0 aromatic carbocycles.